The van der Waals surface area contributed by atoms with Crippen LogP contribution in [0.3, 0.4) is 0 Å². The van der Waals surface area contributed by atoms with Gasteiger partial charge in [-0.15, -0.1) is 0 Å². The Morgan fingerprint density at radius 1 is 1.36 bits per heavy atom. The summed E-state index contributed by atoms with van der Waals surface area (Å²) in [5, 5.41) is 3.36. The van der Waals surface area contributed by atoms with Crippen LogP contribution in [0.5, 0.6) is 0 Å². The Kier molecular flexibility index (Phi) is 6.60. The van der Waals surface area contributed by atoms with E-state index in [9.17, 15) is 18.0 Å². The molecule has 0 aromatic heterocycles. The van der Waals surface area contributed by atoms with E-state index in [0.29, 0.717) is 13.0 Å². The van der Waals surface area contributed by atoms with E-state index in [0.717, 1.165) is 0 Å². The molecule has 2 rings (SSSR count). The average Bonchev–Trinajstić information content (AvgIpc) is 2.45. The van der Waals surface area contributed by atoms with Gasteiger partial charge in [-0.3, -0.25) is 14.7 Å². The standard InChI is InChI=1S/C14H19NO2.CHF3O3S/c1-4-17-13(16)12-9-10-7-5-6-8-11(10)14(2,3)15-12;2-1(3,4)8(5,6)7/h5-8,12,15H,4,9H2,1-3H3;(H,5,6,7). The smallest absolute Gasteiger partial charge is 0.465 e. The number of carbonyl (C=O) groups excluding carboxylic acids is 1. The van der Waals surface area contributed by atoms with Gasteiger partial charge in [-0.2, -0.15) is 21.6 Å². The molecule has 2 N–H and O–H groups in total. The molecule has 1 aliphatic heterocycles. The van der Waals surface area contributed by atoms with Crippen LogP contribution in [-0.2, 0) is 31.6 Å². The molecule has 1 unspecified atom stereocenters. The van der Waals surface area contributed by atoms with Gasteiger partial charge in [0.05, 0.1) is 6.61 Å². The van der Waals surface area contributed by atoms with E-state index < -0.39 is 15.6 Å². The average molecular weight is 383 g/mol. The summed E-state index contributed by atoms with van der Waals surface area (Å²) in [6.45, 7) is 6.45. The molecule has 1 aliphatic rings. The molecular formula is C15H20F3NO5S. The lowest BCUT2D eigenvalue weighted by Crippen LogP contribution is -2.53. The van der Waals surface area contributed by atoms with E-state index in [1.165, 1.54) is 11.1 Å². The first-order valence-electron chi connectivity index (χ1n) is 7.36. The van der Waals surface area contributed by atoms with E-state index in [1.54, 1.807) is 0 Å². The van der Waals surface area contributed by atoms with Gasteiger partial charge in [0.15, 0.2) is 0 Å². The second-order valence-corrected chi connectivity index (χ2v) is 7.27. The molecular weight excluding hydrogens is 363 g/mol. The number of alkyl halides is 3. The van der Waals surface area contributed by atoms with Gasteiger partial charge in [0, 0.05) is 5.54 Å². The molecule has 0 aliphatic carbocycles. The van der Waals surface area contributed by atoms with Gasteiger partial charge in [-0.25, -0.2) is 0 Å². The zero-order valence-corrected chi connectivity index (χ0v) is 14.7. The van der Waals surface area contributed by atoms with E-state index in [-0.39, 0.29) is 17.6 Å². The number of ether oxygens (including phenoxy) is 1. The molecule has 0 spiro atoms. The Morgan fingerprint density at radius 2 is 1.88 bits per heavy atom. The molecule has 0 radical (unpaired) electrons. The fraction of sp³-hybridized carbons (Fsp3) is 0.533. The number of hydrogen-bond donors (Lipinski definition) is 2. The van der Waals surface area contributed by atoms with Gasteiger partial charge in [-0.05, 0) is 38.3 Å². The minimum atomic E-state index is -5.84. The second kappa shape index (κ2) is 7.71. The second-order valence-electron chi connectivity index (χ2n) is 5.86. The highest BCUT2D eigenvalue weighted by molar-refractivity contribution is 7.86. The molecule has 1 atom stereocenters. The van der Waals surface area contributed by atoms with Crippen molar-refractivity contribution in [2.45, 2.75) is 44.3 Å². The van der Waals surface area contributed by atoms with Crippen LogP contribution >= 0.6 is 0 Å². The van der Waals surface area contributed by atoms with E-state index in [1.807, 2.05) is 19.1 Å². The van der Waals surface area contributed by atoms with Crippen molar-refractivity contribution < 1.29 is 35.7 Å². The number of carbonyl (C=O) groups is 1. The number of benzene rings is 1. The largest absolute Gasteiger partial charge is 0.522 e. The van der Waals surface area contributed by atoms with Crippen LogP contribution in [0.4, 0.5) is 13.2 Å². The maximum absolute atomic E-state index is 11.8. The summed E-state index contributed by atoms with van der Waals surface area (Å²) in [6.07, 6.45) is 0.707. The molecule has 1 heterocycles. The predicted molar refractivity (Wildman–Crippen MR) is 84.3 cm³/mol. The monoisotopic (exact) mass is 383 g/mol. The van der Waals surface area contributed by atoms with Crippen LogP contribution in [0.2, 0.25) is 0 Å². The summed E-state index contributed by atoms with van der Waals surface area (Å²) < 4.78 is 62.6. The van der Waals surface area contributed by atoms with Crippen molar-refractivity contribution in [3.63, 3.8) is 0 Å². The number of halogens is 3. The minimum Gasteiger partial charge on any atom is -0.465 e. The first-order chi connectivity index (χ1) is 11.3. The third-order valence-electron chi connectivity index (χ3n) is 3.51. The van der Waals surface area contributed by atoms with Crippen LogP contribution in [0.25, 0.3) is 0 Å². The SMILES string of the molecule is CCOC(=O)C1Cc2ccccc2C(C)(C)N1.O=S(=O)(O)C(F)(F)F. The molecule has 1 aromatic carbocycles. The van der Waals surface area contributed by atoms with E-state index in [4.69, 9.17) is 17.7 Å². The molecule has 0 fully saturated rings. The Hall–Kier alpha value is -1.65. The summed E-state index contributed by atoms with van der Waals surface area (Å²) in [5.74, 6) is -0.157. The Balaban J connectivity index is 0.000000333. The number of esters is 1. The first-order valence-corrected chi connectivity index (χ1v) is 8.80. The van der Waals surface area contributed by atoms with Crippen LogP contribution in [-0.4, -0.2) is 37.1 Å². The predicted octanol–water partition coefficient (Wildman–Crippen LogP) is 2.39. The molecule has 142 valence electrons. The highest BCUT2D eigenvalue weighted by Gasteiger charge is 2.44. The highest BCUT2D eigenvalue weighted by Crippen LogP contribution is 2.30. The number of hydrogen-bond acceptors (Lipinski definition) is 5. The van der Waals surface area contributed by atoms with Gasteiger partial charge in [0.2, 0.25) is 0 Å². The molecule has 0 saturated carbocycles. The Labute approximate surface area is 144 Å². The van der Waals surface area contributed by atoms with Crippen molar-refractivity contribution in [2.24, 2.45) is 0 Å². The van der Waals surface area contributed by atoms with Crippen molar-refractivity contribution in [3.05, 3.63) is 35.4 Å². The molecule has 1 aromatic rings. The lowest BCUT2D eigenvalue weighted by molar-refractivity contribution is -0.146. The molecule has 6 nitrogen and oxygen atoms in total. The number of fused-ring (bicyclic) bond motifs is 1. The van der Waals surface area contributed by atoms with Gasteiger partial charge in [0.1, 0.15) is 6.04 Å². The van der Waals surface area contributed by atoms with Crippen LogP contribution in [0.1, 0.15) is 31.9 Å². The summed E-state index contributed by atoms with van der Waals surface area (Å²) in [5.41, 5.74) is -3.23. The summed E-state index contributed by atoms with van der Waals surface area (Å²) in [6, 6.07) is 8.02. The van der Waals surface area contributed by atoms with E-state index >= 15 is 0 Å². The Bertz CT molecular complexity index is 716. The minimum absolute atomic E-state index is 0.157. The van der Waals surface area contributed by atoms with E-state index in [2.05, 4.69) is 31.3 Å². The lowest BCUT2D eigenvalue weighted by Gasteiger charge is -2.38. The first kappa shape index (κ1) is 21.4. The van der Waals surface area contributed by atoms with Crippen LogP contribution in [0.15, 0.2) is 24.3 Å². The molecule has 0 bridgehead atoms. The van der Waals surface area contributed by atoms with Crippen molar-refractivity contribution in [3.8, 4) is 0 Å². The van der Waals surface area contributed by atoms with Gasteiger partial charge in [-0.1, -0.05) is 24.3 Å². The van der Waals surface area contributed by atoms with Crippen LogP contribution in [0, 0.1) is 0 Å². The quantitative estimate of drug-likeness (QED) is 0.463. The third-order valence-corrected chi connectivity index (χ3v) is 4.10. The summed E-state index contributed by atoms with van der Waals surface area (Å²) in [4.78, 5) is 11.8. The molecule has 10 heteroatoms. The number of nitrogens with one attached hydrogen (secondary N) is 1. The zero-order chi connectivity index (χ0) is 19.5. The maximum atomic E-state index is 11.8. The topological polar surface area (TPSA) is 92.7 Å². The summed E-state index contributed by atoms with van der Waals surface area (Å²) >= 11 is 0. The lowest BCUT2D eigenvalue weighted by atomic mass is 9.82. The molecule has 25 heavy (non-hydrogen) atoms. The van der Waals surface area contributed by atoms with Gasteiger partial charge in [0.25, 0.3) is 0 Å². The van der Waals surface area contributed by atoms with Crippen molar-refractivity contribution in [2.75, 3.05) is 6.61 Å². The van der Waals surface area contributed by atoms with Crippen molar-refractivity contribution >= 4 is 16.1 Å². The number of rotatable bonds is 2. The van der Waals surface area contributed by atoms with Crippen molar-refractivity contribution in [1.82, 2.24) is 5.32 Å². The maximum Gasteiger partial charge on any atom is 0.522 e. The third kappa shape index (κ3) is 5.68. The molecule has 0 saturated heterocycles. The normalized spacial score (nSPS) is 19.2. The van der Waals surface area contributed by atoms with Crippen molar-refractivity contribution in [1.29, 1.82) is 0 Å². The van der Waals surface area contributed by atoms with Gasteiger partial charge >= 0.3 is 21.6 Å². The fourth-order valence-corrected chi connectivity index (χ4v) is 2.48. The fourth-order valence-electron chi connectivity index (χ4n) is 2.48. The summed E-state index contributed by atoms with van der Waals surface area (Å²) in [7, 11) is -5.84. The van der Waals surface area contributed by atoms with Gasteiger partial charge < -0.3 is 4.74 Å². The van der Waals surface area contributed by atoms with Crippen LogP contribution < -0.4 is 5.32 Å². The Morgan fingerprint density at radius 3 is 2.36 bits per heavy atom. The molecule has 0 amide bonds. The zero-order valence-electron chi connectivity index (χ0n) is 13.9. The highest BCUT2D eigenvalue weighted by atomic mass is 32.2.